The third kappa shape index (κ3) is 2.50. The van der Waals surface area contributed by atoms with Crippen LogP contribution in [0.4, 0.5) is 5.95 Å². The quantitative estimate of drug-likeness (QED) is 0.817. The van der Waals surface area contributed by atoms with Crippen LogP contribution in [-0.4, -0.2) is 29.1 Å². The molecule has 0 amide bonds. The van der Waals surface area contributed by atoms with Crippen molar-refractivity contribution in [2.75, 3.05) is 18.0 Å². The van der Waals surface area contributed by atoms with Crippen LogP contribution in [0.15, 0.2) is 12.3 Å². The van der Waals surface area contributed by atoms with Gasteiger partial charge in [0.1, 0.15) is 0 Å². The molecule has 0 saturated heterocycles. The first-order valence-electron chi connectivity index (χ1n) is 6.02. The fourth-order valence-corrected chi connectivity index (χ4v) is 1.83. The minimum atomic E-state index is 0.387. The van der Waals surface area contributed by atoms with Gasteiger partial charge in [-0.25, -0.2) is 9.97 Å². The molecule has 0 unspecified atom stereocenters. The van der Waals surface area contributed by atoms with Crippen LogP contribution in [-0.2, 0) is 0 Å². The molecule has 1 fully saturated rings. The van der Waals surface area contributed by atoms with Gasteiger partial charge in [0.15, 0.2) is 0 Å². The van der Waals surface area contributed by atoms with Crippen LogP contribution in [0.25, 0.3) is 0 Å². The molecule has 2 rings (SSSR count). The lowest BCUT2D eigenvalue weighted by Crippen LogP contribution is -2.36. The Morgan fingerprint density at radius 3 is 2.81 bits per heavy atom. The average Bonchev–Trinajstić information content (AvgIpc) is 3.09. The van der Waals surface area contributed by atoms with Crippen molar-refractivity contribution in [3.8, 4) is 0 Å². The Bertz CT molecular complexity index is 347. The number of nitrogens with two attached hydrogens (primary N) is 1. The molecule has 1 aromatic rings. The molecule has 0 bridgehead atoms. The molecule has 0 aromatic carbocycles. The standard InChI is InChI=1S/C12H20N4/c1-9(2)16(8-6-13)12-14-7-5-11(15-12)10-3-4-10/h5,7,9-10H,3-4,6,8,13H2,1-2H3. The van der Waals surface area contributed by atoms with E-state index in [1.165, 1.54) is 18.5 Å². The van der Waals surface area contributed by atoms with Gasteiger partial charge < -0.3 is 10.6 Å². The van der Waals surface area contributed by atoms with E-state index in [0.717, 1.165) is 12.5 Å². The topological polar surface area (TPSA) is 55.0 Å². The van der Waals surface area contributed by atoms with Gasteiger partial charge in [-0.3, -0.25) is 0 Å². The second kappa shape index (κ2) is 4.78. The Balaban J connectivity index is 2.19. The molecule has 1 aromatic heterocycles. The predicted molar refractivity (Wildman–Crippen MR) is 65.5 cm³/mol. The predicted octanol–water partition coefficient (Wildman–Crippen LogP) is 1.53. The van der Waals surface area contributed by atoms with Crippen molar-refractivity contribution in [3.63, 3.8) is 0 Å². The molecule has 1 aliphatic rings. The van der Waals surface area contributed by atoms with E-state index >= 15 is 0 Å². The van der Waals surface area contributed by atoms with Gasteiger partial charge in [-0.05, 0) is 32.8 Å². The number of anilines is 1. The SMILES string of the molecule is CC(C)N(CCN)c1nccc(C2CC2)n1. The fourth-order valence-electron chi connectivity index (χ4n) is 1.83. The third-order valence-electron chi connectivity index (χ3n) is 2.91. The highest BCUT2D eigenvalue weighted by atomic mass is 15.3. The summed E-state index contributed by atoms with van der Waals surface area (Å²) in [5.41, 5.74) is 6.81. The first-order chi connectivity index (χ1) is 7.72. The molecule has 2 N–H and O–H groups in total. The van der Waals surface area contributed by atoms with Gasteiger partial charge in [0.05, 0.1) is 0 Å². The Morgan fingerprint density at radius 2 is 2.25 bits per heavy atom. The van der Waals surface area contributed by atoms with Crippen LogP contribution in [0.3, 0.4) is 0 Å². The van der Waals surface area contributed by atoms with Crippen LogP contribution in [0.5, 0.6) is 0 Å². The molecule has 4 nitrogen and oxygen atoms in total. The van der Waals surface area contributed by atoms with E-state index < -0.39 is 0 Å². The van der Waals surface area contributed by atoms with Crippen molar-refractivity contribution in [1.29, 1.82) is 0 Å². The van der Waals surface area contributed by atoms with Crippen molar-refractivity contribution < 1.29 is 0 Å². The highest BCUT2D eigenvalue weighted by Crippen LogP contribution is 2.39. The molecule has 88 valence electrons. The van der Waals surface area contributed by atoms with E-state index in [0.29, 0.717) is 18.5 Å². The summed E-state index contributed by atoms with van der Waals surface area (Å²) in [7, 11) is 0. The maximum absolute atomic E-state index is 5.62. The lowest BCUT2D eigenvalue weighted by Gasteiger charge is -2.26. The van der Waals surface area contributed by atoms with E-state index in [1.54, 1.807) is 0 Å². The number of aromatic nitrogens is 2. The highest BCUT2D eigenvalue weighted by molar-refractivity contribution is 5.33. The second-order valence-corrected chi connectivity index (χ2v) is 4.63. The fraction of sp³-hybridized carbons (Fsp3) is 0.667. The largest absolute Gasteiger partial charge is 0.337 e. The summed E-state index contributed by atoms with van der Waals surface area (Å²) in [5.74, 6) is 1.50. The zero-order valence-electron chi connectivity index (χ0n) is 10.1. The molecule has 16 heavy (non-hydrogen) atoms. The first kappa shape index (κ1) is 11.3. The number of hydrogen-bond acceptors (Lipinski definition) is 4. The van der Waals surface area contributed by atoms with E-state index in [9.17, 15) is 0 Å². The molecule has 0 radical (unpaired) electrons. The summed E-state index contributed by atoms with van der Waals surface area (Å²) < 4.78 is 0. The summed E-state index contributed by atoms with van der Waals surface area (Å²) in [5, 5.41) is 0. The summed E-state index contributed by atoms with van der Waals surface area (Å²) in [6.45, 7) is 5.73. The molecule has 1 saturated carbocycles. The third-order valence-corrected chi connectivity index (χ3v) is 2.91. The van der Waals surface area contributed by atoms with Crippen LogP contribution >= 0.6 is 0 Å². The summed E-state index contributed by atoms with van der Waals surface area (Å²) in [6, 6.07) is 2.42. The summed E-state index contributed by atoms with van der Waals surface area (Å²) >= 11 is 0. The van der Waals surface area contributed by atoms with Gasteiger partial charge in [0.2, 0.25) is 5.95 Å². The summed E-state index contributed by atoms with van der Waals surface area (Å²) in [4.78, 5) is 11.1. The monoisotopic (exact) mass is 220 g/mol. The van der Waals surface area contributed by atoms with Crippen molar-refractivity contribution in [3.05, 3.63) is 18.0 Å². The smallest absolute Gasteiger partial charge is 0.225 e. The zero-order valence-corrected chi connectivity index (χ0v) is 10.1. The van der Waals surface area contributed by atoms with E-state index in [1.807, 2.05) is 12.3 Å². The molecule has 4 heteroatoms. The second-order valence-electron chi connectivity index (χ2n) is 4.63. The van der Waals surface area contributed by atoms with Crippen molar-refractivity contribution in [2.45, 2.75) is 38.6 Å². The van der Waals surface area contributed by atoms with Gasteiger partial charge in [0, 0.05) is 36.9 Å². The molecular weight excluding hydrogens is 200 g/mol. The molecule has 1 heterocycles. The zero-order chi connectivity index (χ0) is 11.5. The van der Waals surface area contributed by atoms with Crippen molar-refractivity contribution in [1.82, 2.24) is 9.97 Å². The van der Waals surface area contributed by atoms with Crippen LogP contribution < -0.4 is 10.6 Å². The Labute approximate surface area is 96.9 Å². The lowest BCUT2D eigenvalue weighted by atomic mass is 10.3. The van der Waals surface area contributed by atoms with Gasteiger partial charge in [-0.15, -0.1) is 0 Å². The summed E-state index contributed by atoms with van der Waals surface area (Å²) in [6.07, 6.45) is 4.41. The normalized spacial score (nSPS) is 15.5. The number of hydrogen-bond donors (Lipinski definition) is 1. The maximum Gasteiger partial charge on any atom is 0.225 e. The van der Waals surface area contributed by atoms with Crippen LogP contribution in [0, 0.1) is 0 Å². The molecular formula is C12H20N4. The molecule has 0 atom stereocenters. The number of rotatable bonds is 5. The van der Waals surface area contributed by atoms with Gasteiger partial charge in [-0.2, -0.15) is 0 Å². The Morgan fingerprint density at radius 1 is 1.50 bits per heavy atom. The Hall–Kier alpha value is -1.16. The van der Waals surface area contributed by atoms with E-state index in [-0.39, 0.29) is 0 Å². The van der Waals surface area contributed by atoms with Crippen molar-refractivity contribution in [2.24, 2.45) is 5.73 Å². The minimum Gasteiger partial charge on any atom is -0.337 e. The van der Waals surface area contributed by atoms with Gasteiger partial charge in [-0.1, -0.05) is 0 Å². The molecule has 0 aliphatic heterocycles. The minimum absolute atomic E-state index is 0.387. The van der Waals surface area contributed by atoms with E-state index in [2.05, 4.69) is 28.7 Å². The van der Waals surface area contributed by atoms with Crippen molar-refractivity contribution >= 4 is 5.95 Å². The molecule has 0 spiro atoms. The Kier molecular flexibility index (Phi) is 3.39. The maximum atomic E-state index is 5.62. The van der Waals surface area contributed by atoms with E-state index in [4.69, 9.17) is 5.73 Å². The highest BCUT2D eigenvalue weighted by Gasteiger charge is 2.26. The van der Waals surface area contributed by atoms with Crippen LogP contribution in [0.1, 0.15) is 38.3 Å². The average molecular weight is 220 g/mol. The van der Waals surface area contributed by atoms with Gasteiger partial charge in [0.25, 0.3) is 0 Å². The molecule has 1 aliphatic carbocycles. The van der Waals surface area contributed by atoms with Gasteiger partial charge >= 0.3 is 0 Å². The first-order valence-corrected chi connectivity index (χ1v) is 6.02. The number of nitrogens with zero attached hydrogens (tertiary/aromatic N) is 3. The lowest BCUT2D eigenvalue weighted by molar-refractivity contribution is 0.660. The van der Waals surface area contributed by atoms with Crippen LogP contribution in [0.2, 0.25) is 0 Å².